The first-order chi connectivity index (χ1) is 13.5. The second-order valence-electron chi connectivity index (χ2n) is 9.41. The maximum atomic E-state index is 10.5. The number of β-amino-alcohol motifs (C(OH)–C–C–N with tert-alkyl or cyclic N) is 1. The predicted octanol–water partition coefficient (Wildman–Crippen LogP) is 3.64. The van der Waals surface area contributed by atoms with Gasteiger partial charge in [0.1, 0.15) is 0 Å². The number of hydrogen-bond donors (Lipinski definition) is 1. The molecule has 4 atom stereocenters. The third kappa shape index (κ3) is 6.55. The number of aliphatic hydroxyl groups excluding tert-OH is 1. The molecule has 0 aromatic heterocycles. The predicted molar refractivity (Wildman–Crippen MR) is 115 cm³/mol. The molecule has 0 bridgehead atoms. The first-order valence-electron chi connectivity index (χ1n) is 11.3. The van der Waals surface area contributed by atoms with Gasteiger partial charge >= 0.3 is 0 Å². The number of ether oxygens (including phenoxy) is 1. The first kappa shape index (κ1) is 21.8. The van der Waals surface area contributed by atoms with E-state index >= 15 is 0 Å². The summed E-state index contributed by atoms with van der Waals surface area (Å²) in [5, 5.41) is 10.5. The molecule has 28 heavy (non-hydrogen) atoms. The lowest BCUT2D eigenvalue weighted by Gasteiger charge is -2.38. The highest BCUT2D eigenvalue weighted by Crippen LogP contribution is 2.35. The Bertz CT molecular complexity index is 557. The van der Waals surface area contributed by atoms with Crippen LogP contribution in [0.5, 0.6) is 0 Å². The zero-order valence-corrected chi connectivity index (χ0v) is 18.1. The minimum Gasteiger partial charge on any atom is -0.389 e. The molecule has 1 aromatic carbocycles. The Morgan fingerprint density at radius 2 is 1.71 bits per heavy atom. The third-order valence-electron chi connectivity index (χ3n) is 6.65. The number of aliphatic hydroxyl groups is 1. The molecule has 2 aliphatic rings. The van der Waals surface area contributed by atoms with E-state index in [1.807, 2.05) is 0 Å². The minimum atomic E-state index is -0.384. The minimum absolute atomic E-state index is 0.320. The van der Waals surface area contributed by atoms with Crippen molar-refractivity contribution in [1.82, 2.24) is 9.80 Å². The lowest BCUT2D eigenvalue weighted by molar-refractivity contribution is -0.0755. The van der Waals surface area contributed by atoms with Gasteiger partial charge in [-0.2, -0.15) is 0 Å². The zero-order chi connectivity index (χ0) is 19.9. The maximum absolute atomic E-state index is 10.5. The van der Waals surface area contributed by atoms with Crippen molar-refractivity contribution in [3.63, 3.8) is 0 Å². The molecule has 2 fully saturated rings. The van der Waals surface area contributed by atoms with Crippen molar-refractivity contribution in [2.24, 2.45) is 17.8 Å². The van der Waals surface area contributed by atoms with Crippen molar-refractivity contribution in [3.05, 3.63) is 35.9 Å². The SMILES string of the molecule is CC(C)[C@H]1CC[C@H](C)C[C@@H]1OC[C@@H](O)CN1CCN(Cc2ccccc2)CC1. The highest BCUT2D eigenvalue weighted by molar-refractivity contribution is 5.14. The van der Waals surface area contributed by atoms with Crippen LogP contribution < -0.4 is 0 Å². The molecular weight excluding hydrogens is 348 g/mol. The highest BCUT2D eigenvalue weighted by Gasteiger charge is 2.32. The average Bonchev–Trinajstić information content (AvgIpc) is 2.68. The Labute approximate surface area is 171 Å². The Morgan fingerprint density at radius 1 is 1.04 bits per heavy atom. The Hall–Kier alpha value is -0.940. The summed E-state index contributed by atoms with van der Waals surface area (Å²) in [5.41, 5.74) is 1.38. The molecule has 1 saturated heterocycles. The molecule has 0 amide bonds. The van der Waals surface area contributed by atoms with Crippen molar-refractivity contribution in [2.75, 3.05) is 39.3 Å². The molecule has 4 heteroatoms. The molecule has 1 heterocycles. The Kier molecular flexibility index (Phi) is 8.34. The Morgan fingerprint density at radius 3 is 2.39 bits per heavy atom. The molecule has 0 radical (unpaired) electrons. The van der Waals surface area contributed by atoms with E-state index in [9.17, 15) is 5.11 Å². The van der Waals surface area contributed by atoms with Crippen molar-refractivity contribution >= 4 is 0 Å². The van der Waals surface area contributed by atoms with Crippen molar-refractivity contribution < 1.29 is 9.84 Å². The van der Waals surface area contributed by atoms with Crippen LogP contribution in [0.25, 0.3) is 0 Å². The monoisotopic (exact) mass is 388 g/mol. The van der Waals surface area contributed by atoms with Gasteiger partial charge in [0.05, 0.1) is 18.8 Å². The van der Waals surface area contributed by atoms with Gasteiger partial charge in [0.2, 0.25) is 0 Å². The average molecular weight is 389 g/mol. The van der Waals surface area contributed by atoms with E-state index in [0.717, 1.165) is 51.6 Å². The van der Waals surface area contributed by atoms with Crippen molar-refractivity contribution in [3.8, 4) is 0 Å². The smallest absolute Gasteiger partial charge is 0.0900 e. The number of benzene rings is 1. The highest BCUT2D eigenvalue weighted by atomic mass is 16.5. The fourth-order valence-corrected chi connectivity index (χ4v) is 4.86. The van der Waals surface area contributed by atoms with Gasteiger partial charge in [0, 0.05) is 39.3 Å². The summed E-state index contributed by atoms with van der Waals surface area (Å²) in [4.78, 5) is 4.89. The summed E-state index contributed by atoms with van der Waals surface area (Å²) < 4.78 is 6.24. The van der Waals surface area contributed by atoms with Gasteiger partial charge in [-0.05, 0) is 36.2 Å². The number of piperazine rings is 1. The molecule has 3 rings (SSSR count). The van der Waals surface area contributed by atoms with Crippen molar-refractivity contribution in [2.45, 2.75) is 58.8 Å². The fourth-order valence-electron chi connectivity index (χ4n) is 4.86. The number of hydrogen-bond acceptors (Lipinski definition) is 4. The number of nitrogens with zero attached hydrogens (tertiary/aromatic N) is 2. The molecule has 1 aromatic rings. The molecule has 1 aliphatic heterocycles. The first-order valence-corrected chi connectivity index (χ1v) is 11.3. The van der Waals surface area contributed by atoms with Gasteiger partial charge in [0.15, 0.2) is 0 Å². The van der Waals surface area contributed by atoms with Gasteiger partial charge in [-0.15, -0.1) is 0 Å². The van der Waals surface area contributed by atoms with Gasteiger partial charge < -0.3 is 9.84 Å². The Balaban J connectivity index is 1.36. The van der Waals surface area contributed by atoms with Gasteiger partial charge in [-0.3, -0.25) is 9.80 Å². The van der Waals surface area contributed by atoms with E-state index in [1.54, 1.807) is 0 Å². The van der Waals surface area contributed by atoms with Crippen LogP contribution in [0.1, 0.15) is 45.6 Å². The van der Waals surface area contributed by atoms with Gasteiger partial charge in [-0.25, -0.2) is 0 Å². The largest absolute Gasteiger partial charge is 0.389 e. The van der Waals surface area contributed by atoms with Crippen LogP contribution in [0.3, 0.4) is 0 Å². The number of rotatable bonds is 8. The van der Waals surface area contributed by atoms with Crippen LogP contribution in [-0.4, -0.2) is 66.4 Å². The third-order valence-corrected chi connectivity index (χ3v) is 6.65. The molecule has 0 spiro atoms. The lowest BCUT2D eigenvalue weighted by atomic mass is 9.75. The van der Waals surface area contributed by atoms with E-state index in [-0.39, 0.29) is 6.10 Å². The molecule has 1 saturated carbocycles. The molecule has 4 nitrogen and oxygen atoms in total. The summed E-state index contributed by atoms with van der Waals surface area (Å²) >= 11 is 0. The van der Waals surface area contributed by atoms with E-state index < -0.39 is 0 Å². The summed E-state index contributed by atoms with van der Waals surface area (Å²) in [6.45, 7) is 13.4. The van der Waals surface area contributed by atoms with Crippen LogP contribution in [0, 0.1) is 17.8 Å². The van der Waals surface area contributed by atoms with Crippen LogP contribution in [0.15, 0.2) is 30.3 Å². The van der Waals surface area contributed by atoms with Crippen molar-refractivity contribution in [1.29, 1.82) is 0 Å². The molecular formula is C24H40N2O2. The second kappa shape index (κ2) is 10.7. The van der Waals surface area contributed by atoms with Gasteiger partial charge in [-0.1, -0.05) is 57.5 Å². The summed E-state index contributed by atoms with van der Waals surface area (Å²) in [5.74, 6) is 2.05. The van der Waals surface area contributed by atoms with E-state index in [1.165, 1.54) is 18.4 Å². The summed E-state index contributed by atoms with van der Waals surface area (Å²) in [6, 6.07) is 10.7. The second-order valence-corrected chi connectivity index (χ2v) is 9.41. The van der Waals surface area contributed by atoms with E-state index in [0.29, 0.717) is 24.5 Å². The maximum Gasteiger partial charge on any atom is 0.0900 e. The standard InChI is InChI=1S/C24H40N2O2/c1-19(2)23-10-9-20(3)15-24(23)28-18-22(27)17-26-13-11-25(12-14-26)16-21-7-5-4-6-8-21/h4-8,19-20,22-24,27H,9-18H2,1-3H3/t20-,22-,23+,24-/m0/s1. The van der Waals surface area contributed by atoms with Crippen LogP contribution in [0.2, 0.25) is 0 Å². The summed E-state index contributed by atoms with van der Waals surface area (Å²) in [6.07, 6.45) is 3.67. The van der Waals surface area contributed by atoms with E-state index in [4.69, 9.17) is 4.74 Å². The molecule has 1 aliphatic carbocycles. The molecule has 0 unspecified atom stereocenters. The molecule has 158 valence electrons. The molecule has 1 N–H and O–H groups in total. The van der Waals surface area contributed by atoms with Gasteiger partial charge in [0.25, 0.3) is 0 Å². The normalized spacial score (nSPS) is 28.5. The van der Waals surface area contributed by atoms with E-state index in [2.05, 4.69) is 60.9 Å². The van der Waals surface area contributed by atoms with Crippen LogP contribution in [0.4, 0.5) is 0 Å². The quantitative estimate of drug-likeness (QED) is 0.738. The topological polar surface area (TPSA) is 35.9 Å². The lowest BCUT2D eigenvalue weighted by Crippen LogP contribution is -2.49. The van der Waals surface area contributed by atoms with Crippen LogP contribution in [-0.2, 0) is 11.3 Å². The fraction of sp³-hybridized carbons (Fsp3) is 0.750. The zero-order valence-electron chi connectivity index (χ0n) is 18.1. The van der Waals surface area contributed by atoms with Crippen LogP contribution >= 0.6 is 0 Å². The summed E-state index contributed by atoms with van der Waals surface area (Å²) in [7, 11) is 0.